The molecule has 2 aromatic rings. The third kappa shape index (κ3) is 3.79. The van der Waals surface area contributed by atoms with Crippen LogP contribution in [0.5, 0.6) is 5.75 Å². The van der Waals surface area contributed by atoms with Crippen LogP contribution in [0.25, 0.3) is 0 Å². The SMILES string of the molecule is COc1ccc([C@@H](C)CN2CCN(C(=O)c3ccco3)CC2)cc1. The Labute approximate surface area is 142 Å². The van der Waals surface area contributed by atoms with Crippen molar-refractivity contribution >= 4 is 5.91 Å². The summed E-state index contributed by atoms with van der Waals surface area (Å²) < 4.78 is 10.4. The molecule has 0 aliphatic carbocycles. The second-order valence-electron chi connectivity index (χ2n) is 6.24. The summed E-state index contributed by atoms with van der Waals surface area (Å²) in [6.07, 6.45) is 1.54. The van der Waals surface area contributed by atoms with Crippen molar-refractivity contribution in [3.63, 3.8) is 0 Å². The summed E-state index contributed by atoms with van der Waals surface area (Å²) >= 11 is 0. The number of hydrogen-bond donors (Lipinski definition) is 0. The van der Waals surface area contributed by atoms with Crippen molar-refractivity contribution in [2.24, 2.45) is 0 Å². The smallest absolute Gasteiger partial charge is 0.289 e. The normalized spacial score (nSPS) is 16.8. The van der Waals surface area contributed by atoms with E-state index in [-0.39, 0.29) is 5.91 Å². The van der Waals surface area contributed by atoms with E-state index in [1.807, 2.05) is 17.0 Å². The standard InChI is InChI=1S/C19H24N2O3/c1-15(16-5-7-17(23-2)8-6-16)14-20-9-11-21(12-10-20)19(22)18-4-3-13-24-18/h3-8,13,15H,9-12,14H2,1-2H3/t15-/m0/s1. The Morgan fingerprint density at radius 1 is 1.17 bits per heavy atom. The molecule has 1 amide bonds. The van der Waals surface area contributed by atoms with Gasteiger partial charge in [-0.25, -0.2) is 0 Å². The molecule has 5 nitrogen and oxygen atoms in total. The molecule has 1 aliphatic heterocycles. The minimum absolute atomic E-state index is 0.0112. The van der Waals surface area contributed by atoms with Gasteiger partial charge in [-0.15, -0.1) is 0 Å². The average Bonchev–Trinajstić information content (AvgIpc) is 3.16. The van der Waals surface area contributed by atoms with Crippen molar-refractivity contribution in [3.8, 4) is 5.75 Å². The van der Waals surface area contributed by atoms with E-state index in [9.17, 15) is 4.79 Å². The number of furan rings is 1. The fourth-order valence-electron chi connectivity index (χ4n) is 3.11. The number of carbonyl (C=O) groups excluding carboxylic acids is 1. The number of ether oxygens (including phenoxy) is 1. The van der Waals surface area contributed by atoms with Gasteiger partial charge in [-0.3, -0.25) is 9.69 Å². The van der Waals surface area contributed by atoms with Crippen LogP contribution in [0.4, 0.5) is 0 Å². The quantitative estimate of drug-likeness (QED) is 0.847. The lowest BCUT2D eigenvalue weighted by molar-refractivity contribution is 0.0601. The van der Waals surface area contributed by atoms with E-state index < -0.39 is 0 Å². The summed E-state index contributed by atoms with van der Waals surface area (Å²) in [5, 5.41) is 0. The van der Waals surface area contributed by atoms with Crippen molar-refractivity contribution in [3.05, 3.63) is 54.0 Å². The van der Waals surface area contributed by atoms with Crippen molar-refractivity contribution < 1.29 is 13.9 Å². The third-order valence-corrected chi connectivity index (χ3v) is 4.61. The molecule has 0 N–H and O–H groups in total. The zero-order valence-electron chi connectivity index (χ0n) is 14.3. The second kappa shape index (κ2) is 7.53. The van der Waals surface area contributed by atoms with Gasteiger partial charge >= 0.3 is 0 Å². The molecule has 1 aromatic heterocycles. The molecule has 24 heavy (non-hydrogen) atoms. The molecule has 5 heteroatoms. The van der Waals surface area contributed by atoms with Gasteiger partial charge in [0.1, 0.15) is 5.75 Å². The lowest BCUT2D eigenvalue weighted by atomic mass is 10.00. The molecule has 1 aromatic carbocycles. The summed E-state index contributed by atoms with van der Waals surface area (Å²) in [5.41, 5.74) is 1.31. The lowest BCUT2D eigenvalue weighted by Crippen LogP contribution is -2.49. The van der Waals surface area contributed by atoms with Crippen LogP contribution in [0.2, 0.25) is 0 Å². The van der Waals surface area contributed by atoms with Crippen molar-refractivity contribution in [2.75, 3.05) is 39.8 Å². The highest BCUT2D eigenvalue weighted by atomic mass is 16.5. The Balaban J connectivity index is 1.50. The van der Waals surface area contributed by atoms with E-state index in [1.54, 1.807) is 25.5 Å². The van der Waals surface area contributed by atoms with Crippen molar-refractivity contribution in [1.29, 1.82) is 0 Å². The maximum absolute atomic E-state index is 12.3. The molecule has 3 rings (SSSR count). The number of benzene rings is 1. The molecule has 0 radical (unpaired) electrons. The summed E-state index contributed by atoms with van der Waals surface area (Å²) in [6, 6.07) is 11.7. The fraction of sp³-hybridized carbons (Fsp3) is 0.421. The number of piperazine rings is 1. The van der Waals surface area contributed by atoms with Gasteiger partial charge in [0.2, 0.25) is 0 Å². The van der Waals surface area contributed by atoms with E-state index in [1.165, 1.54) is 5.56 Å². The largest absolute Gasteiger partial charge is 0.497 e. The second-order valence-corrected chi connectivity index (χ2v) is 6.24. The van der Waals surface area contributed by atoms with Crippen LogP contribution >= 0.6 is 0 Å². The van der Waals surface area contributed by atoms with Gasteiger partial charge in [-0.2, -0.15) is 0 Å². The third-order valence-electron chi connectivity index (χ3n) is 4.61. The van der Waals surface area contributed by atoms with Gasteiger partial charge in [0.05, 0.1) is 13.4 Å². The molecule has 0 spiro atoms. The van der Waals surface area contributed by atoms with Gasteiger partial charge in [-0.1, -0.05) is 19.1 Å². The minimum atomic E-state index is -0.0112. The molecule has 0 bridgehead atoms. The van der Waals surface area contributed by atoms with E-state index in [4.69, 9.17) is 9.15 Å². The molecular formula is C19H24N2O3. The minimum Gasteiger partial charge on any atom is -0.497 e. The molecule has 0 saturated carbocycles. The molecule has 1 saturated heterocycles. The highest BCUT2D eigenvalue weighted by molar-refractivity contribution is 5.91. The van der Waals surface area contributed by atoms with Crippen LogP contribution in [-0.4, -0.2) is 55.5 Å². The van der Waals surface area contributed by atoms with E-state index in [0.29, 0.717) is 11.7 Å². The van der Waals surface area contributed by atoms with Crippen molar-refractivity contribution in [2.45, 2.75) is 12.8 Å². The first kappa shape index (κ1) is 16.6. The van der Waals surface area contributed by atoms with E-state index in [0.717, 1.165) is 38.5 Å². The van der Waals surface area contributed by atoms with E-state index in [2.05, 4.69) is 24.0 Å². The van der Waals surface area contributed by atoms with Crippen LogP contribution in [-0.2, 0) is 0 Å². The fourth-order valence-corrected chi connectivity index (χ4v) is 3.11. The first-order chi connectivity index (χ1) is 11.7. The molecule has 1 aliphatic rings. The van der Waals surface area contributed by atoms with Crippen molar-refractivity contribution in [1.82, 2.24) is 9.80 Å². The van der Waals surface area contributed by atoms with E-state index >= 15 is 0 Å². The van der Waals surface area contributed by atoms with Gasteiger partial charge < -0.3 is 14.1 Å². The average molecular weight is 328 g/mol. The zero-order valence-corrected chi connectivity index (χ0v) is 14.3. The molecule has 128 valence electrons. The molecule has 2 heterocycles. The summed E-state index contributed by atoms with van der Waals surface area (Å²) in [6.45, 7) is 6.51. The molecule has 1 atom stereocenters. The lowest BCUT2D eigenvalue weighted by Gasteiger charge is -2.35. The predicted molar refractivity (Wildman–Crippen MR) is 92.5 cm³/mol. The number of rotatable bonds is 5. The number of carbonyl (C=O) groups is 1. The van der Waals surface area contributed by atoms with Gasteiger partial charge in [0.15, 0.2) is 5.76 Å². The summed E-state index contributed by atoms with van der Waals surface area (Å²) in [4.78, 5) is 16.6. The van der Waals surface area contributed by atoms with Crippen LogP contribution in [0.3, 0.4) is 0 Å². The van der Waals surface area contributed by atoms with Gasteiger partial charge in [0.25, 0.3) is 5.91 Å². The molecule has 1 fully saturated rings. The highest BCUT2D eigenvalue weighted by Crippen LogP contribution is 2.21. The highest BCUT2D eigenvalue weighted by Gasteiger charge is 2.24. The topological polar surface area (TPSA) is 45.9 Å². The monoisotopic (exact) mass is 328 g/mol. The molecule has 0 unspecified atom stereocenters. The van der Waals surface area contributed by atoms with Crippen LogP contribution in [0, 0.1) is 0 Å². The first-order valence-electron chi connectivity index (χ1n) is 8.36. The maximum atomic E-state index is 12.3. The van der Waals surface area contributed by atoms with Crippen LogP contribution in [0.1, 0.15) is 29.0 Å². The number of methoxy groups -OCH3 is 1. The Morgan fingerprint density at radius 2 is 1.88 bits per heavy atom. The Morgan fingerprint density at radius 3 is 2.46 bits per heavy atom. The Kier molecular flexibility index (Phi) is 5.20. The first-order valence-corrected chi connectivity index (χ1v) is 8.36. The molecular weight excluding hydrogens is 304 g/mol. The van der Waals surface area contributed by atoms with Crippen LogP contribution in [0.15, 0.2) is 47.1 Å². The summed E-state index contributed by atoms with van der Waals surface area (Å²) in [5.74, 6) is 1.75. The Hall–Kier alpha value is -2.27. The predicted octanol–water partition coefficient (Wildman–Crippen LogP) is 2.85. The van der Waals surface area contributed by atoms with Crippen LogP contribution < -0.4 is 4.74 Å². The van der Waals surface area contributed by atoms with Gasteiger partial charge in [0, 0.05) is 32.7 Å². The number of amides is 1. The summed E-state index contributed by atoms with van der Waals surface area (Å²) in [7, 11) is 1.68. The Bertz CT molecular complexity index is 644. The number of nitrogens with zero attached hydrogens (tertiary/aromatic N) is 2. The number of hydrogen-bond acceptors (Lipinski definition) is 4. The zero-order chi connectivity index (χ0) is 16.9. The maximum Gasteiger partial charge on any atom is 0.289 e. The van der Waals surface area contributed by atoms with Gasteiger partial charge in [-0.05, 0) is 35.7 Å².